The fourth-order valence-corrected chi connectivity index (χ4v) is 3.30. The first kappa shape index (κ1) is 16.1. The number of pyridine rings is 1. The topological polar surface area (TPSA) is 37.8 Å². The summed E-state index contributed by atoms with van der Waals surface area (Å²) >= 11 is 1.74. The number of aryl methyl sites for hydroxylation is 1. The maximum absolute atomic E-state index is 4.88. The Balaban J connectivity index is 2.37. The lowest BCUT2D eigenvalue weighted by Crippen LogP contribution is -2.24. The summed E-state index contributed by atoms with van der Waals surface area (Å²) < 4.78 is 0. The molecule has 0 aromatic carbocycles. The van der Waals surface area contributed by atoms with Crippen molar-refractivity contribution in [1.82, 2.24) is 15.3 Å². The van der Waals surface area contributed by atoms with Crippen LogP contribution in [0.4, 0.5) is 0 Å². The van der Waals surface area contributed by atoms with E-state index in [1.54, 1.807) is 11.3 Å². The van der Waals surface area contributed by atoms with Gasteiger partial charge in [-0.15, -0.1) is 11.3 Å². The van der Waals surface area contributed by atoms with Crippen LogP contribution in [0.2, 0.25) is 0 Å². The number of hydrogen-bond donors (Lipinski definition) is 1. The van der Waals surface area contributed by atoms with E-state index in [-0.39, 0.29) is 11.5 Å². The van der Waals surface area contributed by atoms with Gasteiger partial charge in [-0.2, -0.15) is 0 Å². The van der Waals surface area contributed by atoms with Gasteiger partial charge in [0.25, 0.3) is 0 Å². The van der Waals surface area contributed by atoms with Crippen LogP contribution in [0.3, 0.4) is 0 Å². The van der Waals surface area contributed by atoms with Crippen LogP contribution in [0.15, 0.2) is 23.8 Å². The lowest BCUT2D eigenvalue weighted by atomic mass is 9.93. The molecule has 0 fully saturated rings. The number of rotatable bonds is 5. The summed E-state index contributed by atoms with van der Waals surface area (Å²) in [6, 6.07) is 2.20. The molecule has 0 saturated carbocycles. The Bertz CT molecular complexity index is 584. The van der Waals surface area contributed by atoms with E-state index in [0.29, 0.717) is 0 Å². The Kier molecular flexibility index (Phi) is 5.12. The van der Waals surface area contributed by atoms with Gasteiger partial charge < -0.3 is 5.32 Å². The van der Waals surface area contributed by atoms with Crippen molar-refractivity contribution >= 4 is 11.3 Å². The molecular formula is C17H25N3S. The lowest BCUT2D eigenvalue weighted by molar-refractivity contribution is 0.556. The van der Waals surface area contributed by atoms with Crippen molar-refractivity contribution in [3.63, 3.8) is 0 Å². The quantitative estimate of drug-likeness (QED) is 0.898. The van der Waals surface area contributed by atoms with E-state index >= 15 is 0 Å². The molecule has 1 unspecified atom stereocenters. The first-order chi connectivity index (χ1) is 9.93. The van der Waals surface area contributed by atoms with Crippen LogP contribution in [-0.2, 0) is 5.41 Å². The predicted octanol–water partition coefficient (Wildman–Crippen LogP) is 4.23. The molecule has 114 valence electrons. The zero-order valence-corrected chi connectivity index (χ0v) is 14.4. The highest BCUT2D eigenvalue weighted by Gasteiger charge is 2.23. The minimum atomic E-state index is 0.0913. The Hall–Kier alpha value is -1.26. The van der Waals surface area contributed by atoms with E-state index in [1.807, 2.05) is 12.4 Å². The van der Waals surface area contributed by atoms with Gasteiger partial charge in [-0.3, -0.25) is 4.98 Å². The molecule has 0 radical (unpaired) electrons. The maximum Gasteiger partial charge on any atom is 0.114 e. The molecule has 21 heavy (non-hydrogen) atoms. The lowest BCUT2D eigenvalue weighted by Gasteiger charge is -2.19. The molecule has 0 aliphatic carbocycles. The standard InChI is InChI=1S/C17H25N3S/c1-6-8-19-15(13-10-18-9-7-12(13)2)16-20-14(11-21-16)17(3,4)5/h7,9-11,15,19H,6,8H2,1-5H3. The Morgan fingerprint density at radius 2 is 2.10 bits per heavy atom. The van der Waals surface area contributed by atoms with E-state index in [0.717, 1.165) is 23.7 Å². The molecule has 2 rings (SSSR count). The molecule has 0 aliphatic heterocycles. The largest absolute Gasteiger partial charge is 0.304 e. The zero-order chi connectivity index (χ0) is 15.5. The van der Waals surface area contributed by atoms with Crippen LogP contribution in [-0.4, -0.2) is 16.5 Å². The number of hydrogen-bond acceptors (Lipinski definition) is 4. The molecule has 0 amide bonds. The highest BCUT2D eigenvalue weighted by atomic mass is 32.1. The average molecular weight is 303 g/mol. The molecule has 1 atom stereocenters. The summed E-state index contributed by atoms with van der Waals surface area (Å²) in [5.41, 5.74) is 3.73. The second kappa shape index (κ2) is 6.67. The number of thiazole rings is 1. The second-order valence-corrected chi connectivity index (χ2v) is 7.33. The van der Waals surface area contributed by atoms with Gasteiger partial charge in [0.1, 0.15) is 5.01 Å². The van der Waals surface area contributed by atoms with Gasteiger partial charge in [0.2, 0.25) is 0 Å². The summed E-state index contributed by atoms with van der Waals surface area (Å²) in [7, 11) is 0. The molecule has 0 spiro atoms. The normalized spacial score (nSPS) is 13.4. The van der Waals surface area contributed by atoms with Crippen molar-refractivity contribution in [2.45, 2.75) is 52.5 Å². The van der Waals surface area contributed by atoms with Crippen LogP contribution in [0.25, 0.3) is 0 Å². The van der Waals surface area contributed by atoms with E-state index in [9.17, 15) is 0 Å². The molecule has 0 bridgehead atoms. The van der Waals surface area contributed by atoms with Gasteiger partial charge >= 0.3 is 0 Å². The number of nitrogens with one attached hydrogen (secondary N) is 1. The summed E-state index contributed by atoms with van der Waals surface area (Å²) in [6.45, 7) is 11.9. The van der Waals surface area contributed by atoms with Gasteiger partial charge in [0.05, 0.1) is 11.7 Å². The van der Waals surface area contributed by atoms with Crippen LogP contribution >= 0.6 is 11.3 Å². The van der Waals surface area contributed by atoms with Crippen molar-refractivity contribution < 1.29 is 0 Å². The van der Waals surface area contributed by atoms with E-state index in [2.05, 4.69) is 56.4 Å². The first-order valence-electron chi connectivity index (χ1n) is 7.53. The Morgan fingerprint density at radius 3 is 2.67 bits per heavy atom. The highest BCUT2D eigenvalue weighted by molar-refractivity contribution is 7.09. The van der Waals surface area contributed by atoms with Crippen molar-refractivity contribution in [3.8, 4) is 0 Å². The van der Waals surface area contributed by atoms with Gasteiger partial charge in [-0.1, -0.05) is 27.7 Å². The van der Waals surface area contributed by atoms with Gasteiger partial charge in [0, 0.05) is 23.2 Å². The fourth-order valence-electron chi connectivity index (χ4n) is 2.16. The van der Waals surface area contributed by atoms with Gasteiger partial charge in [-0.05, 0) is 37.1 Å². The van der Waals surface area contributed by atoms with E-state index in [1.165, 1.54) is 11.1 Å². The van der Waals surface area contributed by atoms with E-state index in [4.69, 9.17) is 4.98 Å². The van der Waals surface area contributed by atoms with Crippen LogP contribution in [0, 0.1) is 6.92 Å². The Morgan fingerprint density at radius 1 is 1.33 bits per heavy atom. The summed E-state index contributed by atoms with van der Waals surface area (Å²) in [6.07, 6.45) is 4.91. The van der Waals surface area contributed by atoms with Crippen LogP contribution in [0.1, 0.15) is 62.0 Å². The minimum Gasteiger partial charge on any atom is -0.304 e. The monoisotopic (exact) mass is 303 g/mol. The summed E-state index contributed by atoms with van der Waals surface area (Å²) in [5, 5.41) is 6.93. The molecule has 0 aliphatic rings. The van der Waals surface area contributed by atoms with Crippen molar-refractivity contribution in [1.29, 1.82) is 0 Å². The van der Waals surface area contributed by atoms with Gasteiger partial charge in [0.15, 0.2) is 0 Å². The predicted molar refractivity (Wildman–Crippen MR) is 89.9 cm³/mol. The second-order valence-electron chi connectivity index (χ2n) is 6.44. The molecular weight excluding hydrogens is 278 g/mol. The van der Waals surface area contributed by atoms with Gasteiger partial charge in [-0.25, -0.2) is 4.98 Å². The SMILES string of the molecule is CCCNC(c1nc(C(C)(C)C)cs1)c1cnccc1C. The molecule has 1 N–H and O–H groups in total. The molecule has 3 nitrogen and oxygen atoms in total. The van der Waals surface area contributed by atoms with Crippen molar-refractivity contribution in [2.24, 2.45) is 0 Å². The minimum absolute atomic E-state index is 0.0913. The average Bonchev–Trinajstić information content (AvgIpc) is 2.91. The highest BCUT2D eigenvalue weighted by Crippen LogP contribution is 2.30. The van der Waals surface area contributed by atoms with Crippen molar-refractivity contribution in [2.75, 3.05) is 6.54 Å². The smallest absolute Gasteiger partial charge is 0.114 e. The van der Waals surface area contributed by atoms with Crippen LogP contribution < -0.4 is 5.32 Å². The third kappa shape index (κ3) is 3.89. The summed E-state index contributed by atoms with van der Waals surface area (Å²) in [4.78, 5) is 9.17. The first-order valence-corrected chi connectivity index (χ1v) is 8.41. The fraction of sp³-hybridized carbons (Fsp3) is 0.529. The zero-order valence-electron chi connectivity index (χ0n) is 13.6. The number of aromatic nitrogens is 2. The number of nitrogens with zero attached hydrogens (tertiary/aromatic N) is 2. The molecule has 2 aromatic rings. The Labute approximate surface area is 131 Å². The molecule has 2 aromatic heterocycles. The maximum atomic E-state index is 4.88. The molecule has 4 heteroatoms. The summed E-state index contributed by atoms with van der Waals surface area (Å²) in [5.74, 6) is 0. The van der Waals surface area contributed by atoms with Crippen LogP contribution in [0.5, 0.6) is 0 Å². The van der Waals surface area contributed by atoms with Crippen molar-refractivity contribution in [3.05, 3.63) is 45.7 Å². The van der Waals surface area contributed by atoms with E-state index < -0.39 is 0 Å². The third-order valence-electron chi connectivity index (χ3n) is 3.53. The molecule has 0 saturated heterocycles. The molecule has 2 heterocycles. The third-order valence-corrected chi connectivity index (χ3v) is 4.44.